The minimum atomic E-state index is 0.594. The Kier molecular flexibility index (Phi) is 4.58. The van der Waals surface area contributed by atoms with Crippen LogP contribution in [0.4, 0.5) is 11.4 Å². The molecule has 0 fully saturated rings. The second kappa shape index (κ2) is 6.39. The normalized spacial score (nSPS) is 10.2. The van der Waals surface area contributed by atoms with Crippen molar-refractivity contribution in [2.24, 2.45) is 0 Å². The van der Waals surface area contributed by atoms with Gasteiger partial charge in [0.15, 0.2) is 0 Å². The molecule has 0 bridgehead atoms. The first-order chi connectivity index (χ1) is 9.63. The van der Waals surface area contributed by atoms with Crippen molar-refractivity contribution in [2.75, 3.05) is 25.3 Å². The number of anilines is 2. The van der Waals surface area contributed by atoms with Gasteiger partial charge in [0, 0.05) is 23.9 Å². The molecule has 2 aromatic carbocycles. The lowest BCUT2D eigenvalue weighted by atomic mass is 10.2. The van der Waals surface area contributed by atoms with Crippen LogP contribution in [0.2, 0.25) is 5.02 Å². The van der Waals surface area contributed by atoms with Crippen LogP contribution < -0.4 is 20.5 Å². The maximum Gasteiger partial charge on any atom is 0.127 e. The predicted octanol–water partition coefficient (Wildman–Crippen LogP) is 3.55. The third-order valence-electron chi connectivity index (χ3n) is 2.96. The lowest BCUT2D eigenvalue weighted by Gasteiger charge is -2.13. The highest BCUT2D eigenvalue weighted by atomic mass is 35.5. The molecule has 0 saturated heterocycles. The van der Waals surface area contributed by atoms with Gasteiger partial charge in [-0.15, -0.1) is 0 Å². The van der Waals surface area contributed by atoms with Gasteiger partial charge in [-0.1, -0.05) is 11.6 Å². The molecule has 106 valence electrons. The van der Waals surface area contributed by atoms with E-state index < -0.39 is 0 Å². The van der Waals surface area contributed by atoms with E-state index in [0.29, 0.717) is 17.3 Å². The van der Waals surface area contributed by atoms with Gasteiger partial charge in [-0.05, 0) is 30.3 Å². The van der Waals surface area contributed by atoms with Gasteiger partial charge < -0.3 is 20.5 Å². The maximum absolute atomic E-state index is 6.12. The fourth-order valence-electron chi connectivity index (χ4n) is 1.86. The Morgan fingerprint density at radius 2 is 1.90 bits per heavy atom. The summed E-state index contributed by atoms with van der Waals surface area (Å²) in [6.07, 6.45) is 0. The van der Waals surface area contributed by atoms with Gasteiger partial charge in [-0.25, -0.2) is 0 Å². The van der Waals surface area contributed by atoms with Crippen LogP contribution in [0.5, 0.6) is 11.5 Å². The number of hydrogen-bond acceptors (Lipinski definition) is 4. The number of rotatable bonds is 5. The summed E-state index contributed by atoms with van der Waals surface area (Å²) < 4.78 is 10.5. The first kappa shape index (κ1) is 14.3. The molecule has 0 heterocycles. The van der Waals surface area contributed by atoms with Crippen molar-refractivity contribution < 1.29 is 9.47 Å². The molecule has 0 atom stereocenters. The summed E-state index contributed by atoms with van der Waals surface area (Å²) in [7, 11) is 3.26. The van der Waals surface area contributed by atoms with Crippen molar-refractivity contribution in [3.8, 4) is 11.5 Å². The molecule has 20 heavy (non-hydrogen) atoms. The van der Waals surface area contributed by atoms with Gasteiger partial charge in [-0.2, -0.15) is 0 Å². The molecule has 2 rings (SSSR count). The summed E-state index contributed by atoms with van der Waals surface area (Å²) in [5.74, 6) is 1.53. The van der Waals surface area contributed by atoms with Crippen molar-refractivity contribution in [2.45, 2.75) is 6.54 Å². The molecule has 4 nitrogen and oxygen atoms in total. The lowest BCUT2D eigenvalue weighted by molar-refractivity contribution is 0.391. The fraction of sp³-hybridized carbons (Fsp3) is 0.200. The van der Waals surface area contributed by atoms with E-state index in [-0.39, 0.29) is 0 Å². The highest BCUT2D eigenvalue weighted by Gasteiger charge is 2.06. The summed E-state index contributed by atoms with van der Waals surface area (Å²) >= 11 is 6.12. The van der Waals surface area contributed by atoms with E-state index in [9.17, 15) is 0 Å². The molecule has 0 radical (unpaired) electrons. The number of hydrogen-bond donors (Lipinski definition) is 2. The second-order valence-electron chi connectivity index (χ2n) is 4.27. The smallest absolute Gasteiger partial charge is 0.127 e. The zero-order valence-electron chi connectivity index (χ0n) is 11.4. The van der Waals surface area contributed by atoms with Gasteiger partial charge in [0.25, 0.3) is 0 Å². The summed E-state index contributed by atoms with van der Waals surface area (Å²) in [6.45, 7) is 0.594. The molecule has 0 aliphatic rings. The van der Waals surface area contributed by atoms with Crippen molar-refractivity contribution >= 4 is 23.0 Å². The minimum absolute atomic E-state index is 0.594. The zero-order chi connectivity index (χ0) is 14.5. The molecule has 2 aromatic rings. The van der Waals surface area contributed by atoms with Gasteiger partial charge in [0.1, 0.15) is 11.5 Å². The fourth-order valence-corrected chi connectivity index (χ4v) is 2.12. The summed E-state index contributed by atoms with van der Waals surface area (Å²) in [5, 5.41) is 3.86. The predicted molar refractivity (Wildman–Crippen MR) is 82.7 cm³/mol. The summed E-state index contributed by atoms with van der Waals surface area (Å²) in [5.41, 5.74) is 8.15. The van der Waals surface area contributed by atoms with Crippen LogP contribution in [0.25, 0.3) is 0 Å². The van der Waals surface area contributed by atoms with Crippen LogP contribution in [0.15, 0.2) is 36.4 Å². The van der Waals surface area contributed by atoms with E-state index in [1.807, 2.05) is 24.3 Å². The first-order valence-corrected chi connectivity index (χ1v) is 6.51. The average molecular weight is 293 g/mol. The van der Waals surface area contributed by atoms with Gasteiger partial charge in [0.2, 0.25) is 0 Å². The first-order valence-electron chi connectivity index (χ1n) is 6.14. The number of ether oxygens (including phenoxy) is 2. The van der Waals surface area contributed by atoms with Crippen molar-refractivity contribution in [1.29, 1.82) is 0 Å². The lowest BCUT2D eigenvalue weighted by Crippen LogP contribution is -2.02. The minimum Gasteiger partial charge on any atom is -0.497 e. The SMILES string of the molecule is COc1ccc(CNc2ccc(N)cc2Cl)c(OC)c1. The topological polar surface area (TPSA) is 56.5 Å². The third kappa shape index (κ3) is 3.27. The van der Waals surface area contributed by atoms with Crippen LogP contribution >= 0.6 is 11.6 Å². The molecule has 0 spiro atoms. The molecule has 0 aliphatic carbocycles. The Bertz CT molecular complexity index is 602. The van der Waals surface area contributed by atoms with Crippen LogP contribution in [0.3, 0.4) is 0 Å². The van der Waals surface area contributed by atoms with Gasteiger partial charge in [-0.3, -0.25) is 0 Å². The molecular weight excluding hydrogens is 276 g/mol. The number of benzene rings is 2. The van der Waals surface area contributed by atoms with E-state index in [1.165, 1.54) is 0 Å². The molecule has 5 heteroatoms. The number of halogens is 1. The molecule has 3 N–H and O–H groups in total. The highest BCUT2D eigenvalue weighted by Crippen LogP contribution is 2.28. The summed E-state index contributed by atoms with van der Waals surface area (Å²) in [4.78, 5) is 0. The van der Waals surface area contributed by atoms with Crippen LogP contribution in [0, 0.1) is 0 Å². The Labute approximate surface area is 123 Å². The molecule has 0 amide bonds. The van der Waals surface area contributed by atoms with Crippen molar-refractivity contribution in [3.63, 3.8) is 0 Å². The second-order valence-corrected chi connectivity index (χ2v) is 4.68. The Morgan fingerprint density at radius 3 is 2.55 bits per heavy atom. The van der Waals surface area contributed by atoms with E-state index in [4.69, 9.17) is 26.8 Å². The monoisotopic (exact) mass is 292 g/mol. The molecule has 0 saturated carbocycles. The number of nitrogens with one attached hydrogen (secondary N) is 1. The standard InChI is InChI=1S/C15H17ClN2O2/c1-19-12-5-3-10(15(8-12)20-2)9-18-14-6-4-11(17)7-13(14)16/h3-8,18H,9,17H2,1-2H3. The van der Waals surface area contributed by atoms with Crippen molar-refractivity contribution in [1.82, 2.24) is 0 Å². The molecule has 0 aliphatic heterocycles. The maximum atomic E-state index is 6.12. The molecule has 0 unspecified atom stereocenters. The average Bonchev–Trinajstić information content (AvgIpc) is 2.46. The Hall–Kier alpha value is -2.07. The van der Waals surface area contributed by atoms with Crippen LogP contribution in [-0.2, 0) is 6.54 Å². The van der Waals surface area contributed by atoms with Crippen molar-refractivity contribution in [3.05, 3.63) is 47.0 Å². The molecule has 0 aromatic heterocycles. The number of nitrogen functional groups attached to an aromatic ring is 1. The van der Waals surface area contributed by atoms with Crippen LogP contribution in [0.1, 0.15) is 5.56 Å². The van der Waals surface area contributed by atoms with Crippen LogP contribution in [-0.4, -0.2) is 14.2 Å². The molecular formula is C15H17ClN2O2. The largest absolute Gasteiger partial charge is 0.497 e. The summed E-state index contributed by atoms with van der Waals surface area (Å²) in [6, 6.07) is 11.1. The van der Waals surface area contributed by atoms with E-state index in [2.05, 4.69) is 5.32 Å². The highest BCUT2D eigenvalue weighted by molar-refractivity contribution is 6.33. The Balaban J connectivity index is 2.14. The quantitative estimate of drug-likeness (QED) is 0.828. The van der Waals surface area contributed by atoms with Gasteiger partial charge in [0.05, 0.1) is 24.9 Å². The third-order valence-corrected chi connectivity index (χ3v) is 3.27. The van der Waals surface area contributed by atoms with E-state index in [1.54, 1.807) is 26.4 Å². The van der Waals surface area contributed by atoms with E-state index in [0.717, 1.165) is 22.7 Å². The Morgan fingerprint density at radius 1 is 1.10 bits per heavy atom. The number of nitrogens with two attached hydrogens (primary N) is 1. The van der Waals surface area contributed by atoms with Gasteiger partial charge >= 0.3 is 0 Å². The number of methoxy groups -OCH3 is 2. The van der Waals surface area contributed by atoms with E-state index >= 15 is 0 Å². The zero-order valence-corrected chi connectivity index (χ0v) is 12.2.